The molecule has 0 unspecified atom stereocenters. The first-order valence-electron chi connectivity index (χ1n) is 5.89. The Hall–Kier alpha value is -2.76. The van der Waals surface area contributed by atoms with E-state index in [0.29, 0.717) is 17.6 Å². The third-order valence-electron chi connectivity index (χ3n) is 2.90. The standard InChI is InChI=1S/C13H13N5O/c14-13-17-11-10(12(19)18-13)8(7-16-11)6-15-9-4-2-1-3-5-9/h1-5,7,15H,6H2,(H4,14,16,17,18,19). The molecule has 0 fully saturated rings. The average molecular weight is 255 g/mol. The first-order chi connectivity index (χ1) is 9.24. The van der Waals surface area contributed by atoms with Gasteiger partial charge in [-0.1, -0.05) is 18.2 Å². The lowest BCUT2D eigenvalue weighted by atomic mass is 10.2. The summed E-state index contributed by atoms with van der Waals surface area (Å²) in [7, 11) is 0. The van der Waals surface area contributed by atoms with E-state index in [0.717, 1.165) is 11.3 Å². The van der Waals surface area contributed by atoms with E-state index in [1.165, 1.54) is 0 Å². The summed E-state index contributed by atoms with van der Waals surface area (Å²) in [4.78, 5) is 21.4. The van der Waals surface area contributed by atoms with Crippen molar-refractivity contribution in [2.24, 2.45) is 0 Å². The highest BCUT2D eigenvalue weighted by molar-refractivity contribution is 5.79. The molecule has 0 aliphatic carbocycles. The number of rotatable bonds is 3. The number of aromatic nitrogens is 3. The third kappa shape index (κ3) is 2.15. The number of H-pyrrole nitrogens is 2. The van der Waals surface area contributed by atoms with Gasteiger partial charge in [-0.15, -0.1) is 0 Å². The highest BCUT2D eigenvalue weighted by Crippen LogP contribution is 2.14. The number of aromatic amines is 2. The van der Waals surface area contributed by atoms with Crippen molar-refractivity contribution in [3.63, 3.8) is 0 Å². The Morgan fingerprint density at radius 3 is 2.84 bits per heavy atom. The molecular formula is C13H13N5O. The third-order valence-corrected chi connectivity index (χ3v) is 2.90. The topological polar surface area (TPSA) is 99.6 Å². The first kappa shape index (κ1) is 11.3. The van der Waals surface area contributed by atoms with E-state index in [2.05, 4.69) is 20.3 Å². The minimum atomic E-state index is -0.228. The molecule has 3 rings (SSSR count). The predicted octanol–water partition coefficient (Wildman–Crippen LogP) is 1.45. The Morgan fingerprint density at radius 1 is 1.26 bits per heavy atom. The maximum atomic E-state index is 11.9. The molecule has 1 aromatic carbocycles. The zero-order chi connectivity index (χ0) is 13.2. The van der Waals surface area contributed by atoms with Crippen LogP contribution < -0.4 is 16.6 Å². The number of benzene rings is 1. The van der Waals surface area contributed by atoms with E-state index in [1.807, 2.05) is 30.3 Å². The number of nitrogens with two attached hydrogens (primary N) is 1. The molecule has 5 N–H and O–H groups in total. The van der Waals surface area contributed by atoms with Gasteiger partial charge in [0.2, 0.25) is 5.95 Å². The van der Waals surface area contributed by atoms with E-state index in [-0.39, 0.29) is 11.5 Å². The van der Waals surface area contributed by atoms with Gasteiger partial charge in [-0.25, -0.2) is 0 Å². The average Bonchev–Trinajstić information content (AvgIpc) is 2.81. The lowest BCUT2D eigenvalue weighted by Crippen LogP contribution is -2.12. The van der Waals surface area contributed by atoms with Crippen molar-refractivity contribution >= 4 is 22.7 Å². The van der Waals surface area contributed by atoms with E-state index >= 15 is 0 Å². The molecule has 0 bridgehead atoms. The van der Waals surface area contributed by atoms with E-state index in [4.69, 9.17) is 5.73 Å². The van der Waals surface area contributed by atoms with E-state index in [9.17, 15) is 4.79 Å². The molecule has 2 heterocycles. The molecule has 0 aliphatic rings. The zero-order valence-electron chi connectivity index (χ0n) is 10.1. The number of nitrogens with one attached hydrogen (secondary N) is 3. The molecule has 3 aromatic rings. The molecule has 0 saturated heterocycles. The lowest BCUT2D eigenvalue weighted by Gasteiger charge is -2.04. The summed E-state index contributed by atoms with van der Waals surface area (Å²) in [6.07, 6.45) is 1.77. The fourth-order valence-electron chi connectivity index (χ4n) is 2.01. The van der Waals surface area contributed by atoms with Crippen molar-refractivity contribution in [3.8, 4) is 0 Å². The highest BCUT2D eigenvalue weighted by atomic mass is 16.1. The van der Waals surface area contributed by atoms with Crippen LogP contribution in [0.5, 0.6) is 0 Å². The van der Waals surface area contributed by atoms with Crippen LogP contribution in [0, 0.1) is 0 Å². The second-order valence-electron chi connectivity index (χ2n) is 4.21. The quantitative estimate of drug-likeness (QED) is 0.569. The maximum Gasteiger partial charge on any atom is 0.262 e. The second kappa shape index (κ2) is 4.49. The van der Waals surface area contributed by atoms with Crippen molar-refractivity contribution in [2.75, 3.05) is 11.1 Å². The van der Waals surface area contributed by atoms with Crippen LogP contribution >= 0.6 is 0 Å². The normalized spacial score (nSPS) is 10.7. The molecule has 0 radical (unpaired) electrons. The summed E-state index contributed by atoms with van der Waals surface area (Å²) in [6.45, 7) is 0.540. The van der Waals surface area contributed by atoms with E-state index < -0.39 is 0 Å². The molecule has 6 heteroatoms. The number of hydrogen-bond donors (Lipinski definition) is 4. The SMILES string of the molecule is Nc1nc2[nH]cc(CNc3ccccc3)c2c(=O)[nH]1. The van der Waals surface area contributed by atoms with Gasteiger partial charge >= 0.3 is 0 Å². The van der Waals surface area contributed by atoms with Crippen LogP contribution in [0.25, 0.3) is 11.0 Å². The number of anilines is 2. The highest BCUT2D eigenvalue weighted by Gasteiger charge is 2.09. The van der Waals surface area contributed by atoms with Crippen LogP contribution in [0.4, 0.5) is 11.6 Å². The fraction of sp³-hybridized carbons (Fsp3) is 0.0769. The van der Waals surface area contributed by atoms with Crippen LogP contribution in [0.1, 0.15) is 5.56 Å². The molecule has 0 saturated carbocycles. The fourth-order valence-corrected chi connectivity index (χ4v) is 2.01. The summed E-state index contributed by atoms with van der Waals surface area (Å²) >= 11 is 0. The summed E-state index contributed by atoms with van der Waals surface area (Å²) in [5, 5.41) is 3.79. The van der Waals surface area contributed by atoms with Crippen molar-refractivity contribution in [3.05, 3.63) is 52.4 Å². The molecule has 0 spiro atoms. The van der Waals surface area contributed by atoms with Gasteiger partial charge < -0.3 is 16.0 Å². The largest absolute Gasteiger partial charge is 0.381 e. The summed E-state index contributed by atoms with van der Waals surface area (Å²) in [6, 6.07) is 9.79. The van der Waals surface area contributed by atoms with Gasteiger partial charge in [0, 0.05) is 24.0 Å². The maximum absolute atomic E-state index is 11.9. The molecule has 2 aromatic heterocycles. The Balaban J connectivity index is 1.92. The van der Waals surface area contributed by atoms with E-state index in [1.54, 1.807) is 6.20 Å². The molecule has 0 atom stereocenters. The summed E-state index contributed by atoms with van der Waals surface area (Å²) < 4.78 is 0. The molecule has 0 aliphatic heterocycles. The van der Waals surface area contributed by atoms with Gasteiger partial charge in [0.1, 0.15) is 5.65 Å². The van der Waals surface area contributed by atoms with Crippen LogP contribution in [0.2, 0.25) is 0 Å². The summed E-state index contributed by atoms with van der Waals surface area (Å²) in [5.74, 6) is 0.113. The lowest BCUT2D eigenvalue weighted by molar-refractivity contribution is 1.15. The minimum Gasteiger partial charge on any atom is -0.381 e. The smallest absolute Gasteiger partial charge is 0.262 e. The number of hydrogen-bond acceptors (Lipinski definition) is 4. The number of fused-ring (bicyclic) bond motifs is 1. The predicted molar refractivity (Wildman–Crippen MR) is 74.9 cm³/mol. The van der Waals surface area contributed by atoms with Crippen molar-refractivity contribution in [2.45, 2.75) is 6.54 Å². The molecule has 19 heavy (non-hydrogen) atoms. The van der Waals surface area contributed by atoms with Gasteiger partial charge in [0.15, 0.2) is 0 Å². The first-order valence-corrected chi connectivity index (χ1v) is 5.89. The second-order valence-corrected chi connectivity index (χ2v) is 4.21. The van der Waals surface area contributed by atoms with Crippen molar-refractivity contribution in [1.82, 2.24) is 15.0 Å². The van der Waals surface area contributed by atoms with Gasteiger partial charge in [-0.2, -0.15) is 4.98 Å². The minimum absolute atomic E-state index is 0.113. The van der Waals surface area contributed by atoms with Crippen LogP contribution in [-0.2, 0) is 6.54 Å². The van der Waals surface area contributed by atoms with Crippen molar-refractivity contribution < 1.29 is 0 Å². The molecular weight excluding hydrogens is 242 g/mol. The molecule has 0 amide bonds. The molecule has 96 valence electrons. The molecule has 6 nitrogen and oxygen atoms in total. The Morgan fingerprint density at radius 2 is 2.05 bits per heavy atom. The van der Waals surface area contributed by atoms with Crippen LogP contribution in [0.15, 0.2) is 41.3 Å². The van der Waals surface area contributed by atoms with Gasteiger partial charge in [0.05, 0.1) is 5.39 Å². The Bertz CT molecular complexity index is 760. The Kier molecular flexibility index (Phi) is 2.68. The number of nitrogen functional groups attached to an aromatic ring is 1. The monoisotopic (exact) mass is 255 g/mol. The Labute approximate surface area is 108 Å². The zero-order valence-corrected chi connectivity index (χ0v) is 10.1. The number of para-hydroxylation sites is 1. The van der Waals surface area contributed by atoms with Crippen LogP contribution in [0.3, 0.4) is 0 Å². The van der Waals surface area contributed by atoms with Gasteiger partial charge in [-0.05, 0) is 12.1 Å². The van der Waals surface area contributed by atoms with Gasteiger partial charge in [-0.3, -0.25) is 9.78 Å². The van der Waals surface area contributed by atoms with Gasteiger partial charge in [0.25, 0.3) is 5.56 Å². The van der Waals surface area contributed by atoms with Crippen LogP contribution in [-0.4, -0.2) is 15.0 Å². The van der Waals surface area contributed by atoms with Crippen molar-refractivity contribution in [1.29, 1.82) is 0 Å². The summed E-state index contributed by atoms with van der Waals surface area (Å²) in [5.41, 5.74) is 7.63. The number of nitrogens with zero attached hydrogens (tertiary/aromatic N) is 1.